The zero-order valence-corrected chi connectivity index (χ0v) is 16.9. The molecule has 2 aromatic carbocycles. The lowest BCUT2D eigenvalue weighted by molar-refractivity contribution is -0.143. The summed E-state index contributed by atoms with van der Waals surface area (Å²) in [5.74, 6) is 0.511. The van der Waals surface area contributed by atoms with Crippen LogP contribution in [0.4, 0.5) is 0 Å². The van der Waals surface area contributed by atoms with E-state index in [1.807, 2.05) is 44.2 Å². The molecule has 0 radical (unpaired) electrons. The van der Waals surface area contributed by atoms with Crippen molar-refractivity contribution < 1.29 is 14.3 Å². The van der Waals surface area contributed by atoms with E-state index < -0.39 is 6.04 Å². The summed E-state index contributed by atoms with van der Waals surface area (Å²) >= 11 is 6.39. The number of halogens is 1. The molecule has 2 N–H and O–H groups in total. The summed E-state index contributed by atoms with van der Waals surface area (Å²) < 4.78 is 11.0. The molecule has 5 nitrogen and oxygen atoms in total. The van der Waals surface area contributed by atoms with Crippen molar-refractivity contribution in [2.45, 2.75) is 32.4 Å². The first-order valence-electron chi connectivity index (χ1n) is 9.39. The molecule has 0 fully saturated rings. The first-order valence-corrected chi connectivity index (χ1v) is 9.77. The summed E-state index contributed by atoms with van der Waals surface area (Å²) in [6.45, 7) is 4.48. The van der Waals surface area contributed by atoms with Gasteiger partial charge in [0.15, 0.2) is 0 Å². The molecule has 4 rings (SSSR count). The molecule has 6 heteroatoms. The summed E-state index contributed by atoms with van der Waals surface area (Å²) in [7, 11) is 1.42. The predicted molar refractivity (Wildman–Crippen MR) is 110 cm³/mol. The van der Waals surface area contributed by atoms with Gasteiger partial charge in [-0.15, -0.1) is 0 Å². The molecule has 0 spiro atoms. The number of aromatic amines is 1. The third-order valence-electron chi connectivity index (χ3n) is 5.26. The highest BCUT2D eigenvalue weighted by atomic mass is 35.5. The molecule has 0 saturated heterocycles. The molecule has 2 heterocycles. The largest absolute Gasteiger partial charge is 0.493 e. The van der Waals surface area contributed by atoms with Crippen molar-refractivity contribution in [2.75, 3.05) is 13.7 Å². The first kappa shape index (κ1) is 18.8. The minimum Gasteiger partial charge on any atom is -0.493 e. The molecule has 28 heavy (non-hydrogen) atoms. The summed E-state index contributed by atoms with van der Waals surface area (Å²) in [6, 6.07) is 11.2. The Morgan fingerprint density at radius 3 is 2.82 bits per heavy atom. The highest BCUT2D eigenvalue weighted by molar-refractivity contribution is 6.30. The number of aromatic nitrogens is 1. The number of hydrogen-bond donors (Lipinski definition) is 2. The minimum atomic E-state index is -0.449. The Morgan fingerprint density at radius 1 is 1.29 bits per heavy atom. The Morgan fingerprint density at radius 2 is 2.07 bits per heavy atom. The average Bonchev–Trinajstić information content (AvgIpc) is 3.07. The molecule has 146 valence electrons. The van der Waals surface area contributed by atoms with Gasteiger partial charge in [0.2, 0.25) is 0 Å². The van der Waals surface area contributed by atoms with Crippen molar-refractivity contribution in [3.63, 3.8) is 0 Å². The van der Waals surface area contributed by atoms with Crippen LogP contribution in [0.1, 0.15) is 35.3 Å². The lowest BCUT2D eigenvalue weighted by atomic mass is 9.89. The van der Waals surface area contributed by atoms with Gasteiger partial charge in [-0.05, 0) is 43.2 Å². The fourth-order valence-electron chi connectivity index (χ4n) is 4.09. The second-order valence-corrected chi connectivity index (χ2v) is 7.45. The number of carbonyl (C=O) groups excluding carboxylic acids is 1. The van der Waals surface area contributed by atoms with Crippen LogP contribution in [0.15, 0.2) is 36.4 Å². The summed E-state index contributed by atoms with van der Waals surface area (Å²) in [5, 5.41) is 5.20. The summed E-state index contributed by atoms with van der Waals surface area (Å²) in [5.41, 5.74) is 5.07. The SMILES string of the molecule is CCOc1c(C)cc(Cl)cc1C1NC(C(=O)OC)Cc2c1[nH]c1ccccc21. The minimum absolute atomic E-state index is 0.265. The third kappa shape index (κ3) is 3.15. The fourth-order valence-corrected chi connectivity index (χ4v) is 4.37. The number of H-pyrrole nitrogens is 1. The maximum absolute atomic E-state index is 12.4. The summed E-state index contributed by atoms with van der Waals surface area (Å²) in [6.07, 6.45) is 0.562. The van der Waals surface area contributed by atoms with Crippen LogP contribution >= 0.6 is 11.6 Å². The van der Waals surface area contributed by atoms with Gasteiger partial charge in [-0.25, -0.2) is 0 Å². The van der Waals surface area contributed by atoms with Gasteiger partial charge in [-0.3, -0.25) is 10.1 Å². The molecule has 3 aromatic rings. The second-order valence-electron chi connectivity index (χ2n) is 7.02. The Hall–Kier alpha value is -2.50. The van der Waals surface area contributed by atoms with E-state index in [-0.39, 0.29) is 12.0 Å². The molecule has 1 aromatic heterocycles. The van der Waals surface area contributed by atoms with Crippen molar-refractivity contribution in [3.05, 3.63) is 63.8 Å². The smallest absolute Gasteiger partial charge is 0.323 e. The van der Waals surface area contributed by atoms with Crippen molar-refractivity contribution in [2.24, 2.45) is 0 Å². The van der Waals surface area contributed by atoms with E-state index in [4.69, 9.17) is 21.1 Å². The molecule has 2 atom stereocenters. The lowest BCUT2D eigenvalue weighted by Crippen LogP contribution is -2.45. The van der Waals surface area contributed by atoms with Crippen LogP contribution in [0, 0.1) is 6.92 Å². The van der Waals surface area contributed by atoms with Crippen LogP contribution in [-0.4, -0.2) is 30.7 Å². The standard InChI is InChI=1S/C22H23ClN2O3/c1-4-28-21-12(2)9-13(23)10-16(21)20-19-15(11-18(25-20)22(26)27-3)14-7-5-6-8-17(14)24-19/h5-10,18,20,24-25H,4,11H2,1-3H3. The fraction of sp³-hybridized carbons (Fsp3) is 0.318. The number of benzene rings is 2. The van der Waals surface area contributed by atoms with E-state index in [1.165, 1.54) is 7.11 Å². The molecular weight excluding hydrogens is 376 g/mol. The zero-order valence-electron chi connectivity index (χ0n) is 16.1. The zero-order chi connectivity index (χ0) is 19.8. The number of ether oxygens (including phenoxy) is 2. The maximum Gasteiger partial charge on any atom is 0.323 e. The number of esters is 1. The van der Waals surface area contributed by atoms with Gasteiger partial charge in [0.25, 0.3) is 0 Å². The highest BCUT2D eigenvalue weighted by Gasteiger charge is 2.36. The van der Waals surface area contributed by atoms with Crippen LogP contribution in [-0.2, 0) is 16.0 Å². The van der Waals surface area contributed by atoms with E-state index in [9.17, 15) is 4.79 Å². The highest BCUT2D eigenvalue weighted by Crippen LogP contribution is 2.40. The van der Waals surface area contributed by atoms with Crippen molar-refractivity contribution in [1.82, 2.24) is 10.3 Å². The molecule has 1 aliphatic heterocycles. The number of rotatable bonds is 4. The number of carbonyl (C=O) groups is 1. The van der Waals surface area contributed by atoms with E-state index in [0.717, 1.165) is 39.0 Å². The van der Waals surface area contributed by atoms with Crippen LogP contribution in [0.5, 0.6) is 5.75 Å². The van der Waals surface area contributed by atoms with Crippen molar-refractivity contribution >= 4 is 28.5 Å². The Bertz CT molecular complexity index is 1040. The molecule has 0 saturated carbocycles. The number of methoxy groups -OCH3 is 1. The number of fused-ring (bicyclic) bond motifs is 3. The molecule has 0 amide bonds. The topological polar surface area (TPSA) is 63.4 Å². The molecule has 1 aliphatic rings. The van der Waals surface area contributed by atoms with Gasteiger partial charge in [0, 0.05) is 33.6 Å². The van der Waals surface area contributed by atoms with E-state index >= 15 is 0 Å². The van der Waals surface area contributed by atoms with Gasteiger partial charge >= 0.3 is 5.97 Å². The van der Waals surface area contributed by atoms with Gasteiger partial charge < -0.3 is 14.5 Å². The average molecular weight is 399 g/mol. The van der Waals surface area contributed by atoms with Crippen molar-refractivity contribution in [3.8, 4) is 5.75 Å². The molecular formula is C22H23ClN2O3. The molecule has 0 aliphatic carbocycles. The Labute approximate surface area is 169 Å². The van der Waals surface area contributed by atoms with Crippen LogP contribution in [0.25, 0.3) is 10.9 Å². The van der Waals surface area contributed by atoms with E-state index in [2.05, 4.69) is 16.4 Å². The van der Waals surface area contributed by atoms with Gasteiger partial charge in [0.05, 0.1) is 19.8 Å². The Kier molecular flexibility index (Phi) is 5.04. The van der Waals surface area contributed by atoms with Crippen LogP contribution < -0.4 is 10.1 Å². The molecule has 2 unspecified atom stereocenters. The summed E-state index contributed by atoms with van der Waals surface area (Å²) in [4.78, 5) is 15.9. The monoisotopic (exact) mass is 398 g/mol. The van der Waals surface area contributed by atoms with Crippen molar-refractivity contribution in [1.29, 1.82) is 0 Å². The second kappa shape index (κ2) is 7.49. The van der Waals surface area contributed by atoms with Gasteiger partial charge in [-0.1, -0.05) is 29.8 Å². The van der Waals surface area contributed by atoms with Crippen LogP contribution in [0.2, 0.25) is 5.02 Å². The Balaban J connectivity index is 1.93. The maximum atomic E-state index is 12.4. The first-order chi connectivity index (χ1) is 13.5. The number of aryl methyl sites for hydroxylation is 1. The van der Waals surface area contributed by atoms with Crippen LogP contribution in [0.3, 0.4) is 0 Å². The normalized spacial score (nSPS) is 18.7. The van der Waals surface area contributed by atoms with E-state index in [1.54, 1.807) is 0 Å². The third-order valence-corrected chi connectivity index (χ3v) is 5.48. The molecule has 0 bridgehead atoms. The van der Waals surface area contributed by atoms with E-state index in [0.29, 0.717) is 18.1 Å². The van der Waals surface area contributed by atoms with Gasteiger partial charge in [0.1, 0.15) is 11.8 Å². The predicted octanol–water partition coefficient (Wildman–Crippen LogP) is 4.31. The quantitative estimate of drug-likeness (QED) is 0.643. The number of hydrogen-bond acceptors (Lipinski definition) is 4. The van der Waals surface area contributed by atoms with Gasteiger partial charge in [-0.2, -0.15) is 0 Å². The number of nitrogens with one attached hydrogen (secondary N) is 2. The number of para-hydroxylation sites is 1. The lowest BCUT2D eigenvalue weighted by Gasteiger charge is -2.31.